The number of piperazine rings is 1. The molecule has 3 saturated carbocycles. The fourth-order valence-electron chi connectivity index (χ4n) is 4.55. The third-order valence-electron chi connectivity index (χ3n) is 5.97. The van der Waals surface area contributed by atoms with E-state index in [4.69, 9.17) is 0 Å². The zero-order valence-electron chi connectivity index (χ0n) is 12.1. The predicted molar refractivity (Wildman–Crippen MR) is 75.0 cm³/mol. The van der Waals surface area contributed by atoms with Crippen molar-refractivity contribution in [3.63, 3.8) is 0 Å². The Kier molecular flexibility index (Phi) is 2.67. The molecule has 0 bridgehead atoms. The van der Waals surface area contributed by atoms with Crippen molar-refractivity contribution in [2.24, 2.45) is 5.92 Å². The molecule has 3 aliphatic carbocycles. The van der Waals surface area contributed by atoms with E-state index in [-0.39, 0.29) is 11.8 Å². The van der Waals surface area contributed by atoms with E-state index < -0.39 is 11.1 Å². The lowest BCUT2D eigenvalue weighted by atomic mass is 9.82. The van der Waals surface area contributed by atoms with Crippen molar-refractivity contribution < 1.29 is 9.59 Å². The minimum absolute atomic E-state index is 0.150. The molecule has 0 aromatic carbocycles. The minimum Gasteiger partial charge on any atom is -0.340 e. The number of carbonyl (C=O) groups excluding carboxylic acids is 2. The first-order valence-corrected chi connectivity index (χ1v) is 8.31. The fourth-order valence-corrected chi connectivity index (χ4v) is 4.55. The van der Waals surface area contributed by atoms with E-state index >= 15 is 0 Å². The van der Waals surface area contributed by atoms with E-state index in [9.17, 15) is 9.59 Å². The maximum Gasteiger partial charge on any atom is 0.249 e. The summed E-state index contributed by atoms with van der Waals surface area (Å²) in [5.41, 5.74) is -1.03. The van der Waals surface area contributed by atoms with Gasteiger partial charge in [0.05, 0.1) is 0 Å². The number of rotatable bonds is 2. The first-order valence-electron chi connectivity index (χ1n) is 8.31. The van der Waals surface area contributed by atoms with Crippen molar-refractivity contribution in [2.45, 2.75) is 75.3 Å². The molecule has 1 heterocycles. The van der Waals surface area contributed by atoms with Gasteiger partial charge in [0.1, 0.15) is 11.1 Å². The van der Waals surface area contributed by atoms with Crippen LogP contribution in [0.1, 0.15) is 64.2 Å². The Morgan fingerprint density at radius 2 is 1.60 bits per heavy atom. The lowest BCUT2D eigenvalue weighted by Gasteiger charge is -2.50. The predicted octanol–water partition coefficient (Wildman–Crippen LogP) is 1.98. The second kappa shape index (κ2) is 4.22. The van der Waals surface area contributed by atoms with Crippen LogP contribution in [0.15, 0.2) is 0 Å². The first-order chi connectivity index (χ1) is 9.66. The van der Waals surface area contributed by atoms with Gasteiger partial charge in [0.2, 0.25) is 11.8 Å². The summed E-state index contributed by atoms with van der Waals surface area (Å²) in [6.45, 7) is 0.827. The lowest BCUT2D eigenvalue weighted by molar-refractivity contribution is -0.163. The summed E-state index contributed by atoms with van der Waals surface area (Å²) in [5, 5.41) is 3.17. The number of carbonyl (C=O) groups is 2. The summed E-state index contributed by atoms with van der Waals surface area (Å²) in [5.74, 6) is 1.04. The first kappa shape index (κ1) is 12.7. The van der Waals surface area contributed by atoms with Crippen molar-refractivity contribution in [1.29, 1.82) is 0 Å². The Balaban J connectivity index is 1.70. The highest BCUT2D eigenvalue weighted by atomic mass is 16.2. The van der Waals surface area contributed by atoms with Gasteiger partial charge in [0.15, 0.2) is 0 Å². The third kappa shape index (κ3) is 1.66. The average molecular weight is 276 g/mol. The Labute approximate surface area is 120 Å². The fraction of sp³-hybridized carbons (Fsp3) is 0.875. The summed E-state index contributed by atoms with van der Waals surface area (Å²) in [6, 6.07) is 0. The van der Waals surface area contributed by atoms with Gasteiger partial charge in [-0.05, 0) is 44.4 Å². The lowest BCUT2D eigenvalue weighted by Crippen LogP contribution is -2.74. The Bertz CT molecular complexity index is 443. The summed E-state index contributed by atoms with van der Waals surface area (Å²) in [7, 11) is 0. The Hall–Kier alpha value is -1.06. The number of amides is 2. The van der Waals surface area contributed by atoms with Crippen molar-refractivity contribution in [3.8, 4) is 0 Å². The molecule has 4 fully saturated rings. The van der Waals surface area contributed by atoms with Crippen molar-refractivity contribution >= 4 is 11.8 Å². The zero-order valence-corrected chi connectivity index (χ0v) is 12.1. The van der Waals surface area contributed by atoms with E-state index in [0.717, 1.165) is 57.9 Å². The molecule has 0 aromatic heterocycles. The Morgan fingerprint density at radius 1 is 1.00 bits per heavy atom. The molecule has 0 aromatic rings. The zero-order chi connectivity index (χ0) is 13.8. The molecule has 0 atom stereocenters. The number of hydrogen-bond acceptors (Lipinski definition) is 2. The second-order valence-corrected chi connectivity index (χ2v) is 7.34. The smallest absolute Gasteiger partial charge is 0.249 e. The van der Waals surface area contributed by atoms with Gasteiger partial charge in [-0.15, -0.1) is 0 Å². The van der Waals surface area contributed by atoms with Crippen molar-refractivity contribution in [3.05, 3.63) is 0 Å². The van der Waals surface area contributed by atoms with E-state index in [2.05, 4.69) is 5.32 Å². The van der Waals surface area contributed by atoms with Crippen LogP contribution < -0.4 is 5.32 Å². The summed E-state index contributed by atoms with van der Waals surface area (Å²) in [6.07, 6.45) is 10.2. The van der Waals surface area contributed by atoms with Crippen LogP contribution in [0.4, 0.5) is 0 Å². The highest BCUT2D eigenvalue weighted by molar-refractivity contribution is 6.02. The van der Waals surface area contributed by atoms with E-state index in [0.29, 0.717) is 5.92 Å². The van der Waals surface area contributed by atoms with Crippen LogP contribution >= 0.6 is 0 Å². The molecule has 0 radical (unpaired) electrons. The second-order valence-electron chi connectivity index (χ2n) is 7.34. The Morgan fingerprint density at radius 3 is 2.20 bits per heavy atom. The minimum atomic E-state index is -0.542. The van der Waals surface area contributed by atoms with Gasteiger partial charge in [-0.1, -0.05) is 25.7 Å². The molecule has 2 amide bonds. The monoisotopic (exact) mass is 276 g/mol. The average Bonchev–Trinajstić information content (AvgIpc) is 2.92. The maximum absolute atomic E-state index is 13.1. The molecule has 0 unspecified atom stereocenters. The van der Waals surface area contributed by atoms with Crippen molar-refractivity contribution in [1.82, 2.24) is 10.2 Å². The maximum atomic E-state index is 13.1. The molecule has 4 nitrogen and oxygen atoms in total. The molecule has 4 rings (SSSR count). The molecule has 1 N–H and O–H groups in total. The largest absolute Gasteiger partial charge is 0.340 e. The summed E-state index contributed by atoms with van der Waals surface area (Å²) < 4.78 is 0. The van der Waals surface area contributed by atoms with E-state index in [1.165, 1.54) is 12.8 Å². The van der Waals surface area contributed by atoms with Crippen LogP contribution in [0.2, 0.25) is 0 Å². The van der Waals surface area contributed by atoms with Crippen LogP contribution in [0, 0.1) is 5.92 Å². The van der Waals surface area contributed by atoms with Gasteiger partial charge >= 0.3 is 0 Å². The van der Waals surface area contributed by atoms with Crippen LogP contribution in [0.5, 0.6) is 0 Å². The molecular formula is C16H24N2O2. The highest BCUT2D eigenvalue weighted by Crippen LogP contribution is 2.45. The number of nitrogens with one attached hydrogen (secondary N) is 1. The van der Waals surface area contributed by atoms with Gasteiger partial charge in [0, 0.05) is 6.54 Å². The molecular weight excluding hydrogens is 252 g/mol. The number of hydrogen-bond donors (Lipinski definition) is 1. The van der Waals surface area contributed by atoms with E-state index in [1.54, 1.807) is 0 Å². The van der Waals surface area contributed by atoms with Crippen LogP contribution in [-0.4, -0.2) is 34.3 Å². The van der Waals surface area contributed by atoms with Crippen LogP contribution in [0.3, 0.4) is 0 Å². The van der Waals surface area contributed by atoms with Gasteiger partial charge in [-0.2, -0.15) is 0 Å². The van der Waals surface area contributed by atoms with Gasteiger partial charge in [0.25, 0.3) is 0 Å². The number of nitrogens with zero attached hydrogens (tertiary/aromatic N) is 1. The molecule has 1 saturated heterocycles. The topological polar surface area (TPSA) is 49.4 Å². The molecule has 110 valence electrons. The molecule has 4 heteroatoms. The van der Waals surface area contributed by atoms with Crippen LogP contribution in [0.25, 0.3) is 0 Å². The normalized spacial score (nSPS) is 31.3. The molecule has 1 aliphatic heterocycles. The van der Waals surface area contributed by atoms with Gasteiger partial charge in [-0.3, -0.25) is 9.59 Å². The standard InChI is InChI=1S/C16H24N2O2/c19-13-16(9-3-4-10-16)18(11-12-5-6-12)14(20)15(17-13)7-1-2-8-15/h12H,1-11H2,(H,17,19). The quantitative estimate of drug-likeness (QED) is 0.838. The van der Waals surface area contributed by atoms with Gasteiger partial charge < -0.3 is 10.2 Å². The van der Waals surface area contributed by atoms with Crippen molar-refractivity contribution in [2.75, 3.05) is 6.54 Å². The summed E-state index contributed by atoms with van der Waals surface area (Å²) >= 11 is 0. The third-order valence-corrected chi connectivity index (χ3v) is 5.97. The molecule has 4 aliphatic rings. The molecule has 20 heavy (non-hydrogen) atoms. The SMILES string of the molecule is O=C1N(CC2CC2)C2(CCCC2)C(=O)NC12CCCC2. The molecule has 2 spiro atoms. The summed E-state index contributed by atoms with van der Waals surface area (Å²) in [4.78, 5) is 28.0. The van der Waals surface area contributed by atoms with E-state index in [1.807, 2.05) is 4.90 Å². The van der Waals surface area contributed by atoms with Gasteiger partial charge in [-0.25, -0.2) is 0 Å². The highest BCUT2D eigenvalue weighted by Gasteiger charge is 2.60. The van der Waals surface area contributed by atoms with Crippen LogP contribution in [-0.2, 0) is 9.59 Å².